The predicted molar refractivity (Wildman–Crippen MR) is 74.1 cm³/mol. The maximum Gasteiger partial charge on any atom is 0.159 e. The molecule has 0 aliphatic rings. The molecule has 21 heavy (non-hydrogen) atoms. The Labute approximate surface area is 121 Å². The van der Waals surface area contributed by atoms with Crippen molar-refractivity contribution in [2.75, 3.05) is 6.54 Å². The third-order valence-electron chi connectivity index (χ3n) is 3.29. The molecular formula is C16H16F3NO. The Morgan fingerprint density at radius 3 is 2.43 bits per heavy atom. The van der Waals surface area contributed by atoms with Gasteiger partial charge in [-0.3, -0.25) is 0 Å². The summed E-state index contributed by atoms with van der Waals surface area (Å²) in [7, 11) is 0. The summed E-state index contributed by atoms with van der Waals surface area (Å²) in [6.45, 7) is 1.97. The normalized spacial score (nSPS) is 14.0. The Hall–Kier alpha value is -1.85. The van der Waals surface area contributed by atoms with Gasteiger partial charge in [0.25, 0.3) is 0 Å². The first-order valence-corrected chi connectivity index (χ1v) is 6.59. The monoisotopic (exact) mass is 295 g/mol. The van der Waals surface area contributed by atoms with Crippen LogP contribution in [0, 0.1) is 17.5 Å². The number of rotatable bonds is 5. The lowest BCUT2D eigenvalue weighted by molar-refractivity contribution is 0.170. The number of hydrogen-bond donors (Lipinski definition) is 2. The molecule has 5 heteroatoms. The lowest BCUT2D eigenvalue weighted by atomic mass is 10.1. The van der Waals surface area contributed by atoms with Crippen LogP contribution in [0.1, 0.15) is 30.2 Å². The second kappa shape index (κ2) is 6.74. The summed E-state index contributed by atoms with van der Waals surface area (Å²) in [6.07, 6.45) is -0.976. The van der Waals surface area contributed by atoms with E-state index >= 15 is 0 Å². The van der Waals surface area contributed by atoms with Crippen LogP contribution in [0.2, 0.25) is 0 Å². The number of hydrogen-bond acceptors (Lipinski definition) is 2. The first-order chi connectivity index (χ1) is 9.97. The summed E-state index contributed by atoms with van der Waals surface area (Å²) < 4.78 is 39.0. The number of aliphatic hydroxyl groups is 1. The molecule has 0 aromatic heterocycles. The van der Waals surface area contributed by atoms with E-state index in [4.69, 9.17) is 0 Å². The van der Waals surface area contributed by atoms with Crippen LogP contribution in [0.5, 0.6) is 0 Å². The van der Waals surface area contributed by atoms with Crippen molar-refractivity contribution in [2.24, 2.45) is 0 Å². The van der Waals surface area contributed by atoms with E-state index in [-0.39, 0.29) is 24.0 Å². The van der Waals surface area contributed by atoms with Crippen LogP contribution in [0.15, 0.2) is 42.5 Å². The smallest absolute Gasteiger partial charge is 0.159 e. The molecule has 2 nitrogen and oxygen atoms in total. The van der Waals surface area contributed by atoms with Gasteiger partial charge in [-0.25, -0.2) is 13.2 Å². The molecule has 0 saturated carbocycles. The fourth-order valence-corrected chi connectivity index (χ4v) is 2.02. The van der Waals surface area contributed by atoms with E-state index in [1.165, 1.54) is 18.2 Å². The highest BCUT2D eigenvalue weighted by molar-refractivity contribution is 5.21. The summed E-state index contributed by atoms with van der Waals surface area (Å²) in [5, 5.41) is 13.0. The van der Waals surface area contributed by atoms with Crippen molar-refractivity contribution in [3.05, 3.63) is 71.0 Å². The Morgan fingerprint density at radius 1 is 1.00 bits per heavy atom. The molecule has 0 aliphatic carbocycles. The molecule has 2 aromatic carbocycles. The zero-order valence-electron chi connectivity index (χ0n) is 11.5. The Bertz CT molecular complexity index is 618. The Kier molecular flexibility index (Phi) is 4.98. The molecule has 2 atom stereocenters. The van der Waals surface area contributed by atoms with Crippen molar-refractivity contribution < 1.29 is 18.3 Å². The van der Waals surface area contributed by atoms with Crippen LogP contribution < -0.4 is 5.32 Å². The molecule has 2 N–H and O–H groups in total. The van der Waals surface area contributed by atoms with Gasteiger partial charge in [0, 0.05) is 12.6 Å². The highest BCUT2D eigenvalue weighted by atomic mass is 19.2. The molecule has 1 unspecified atom stereocenters. The molecule has 0 fully saturated rings. The van der Waals surface area contributed by atoms with Gasteiger partial charge in [-0.15, -0.1) is 0 Å². The minimum atomic E-state index is -0.996. The number of nitrogens with one attached hydrogen (secondary N) is 1. The Morgan fingerprint density at radius 2 is 1.76 bits per heavy atom. The zero-order chi connectivity index (χ0) is 15.4. The lowest BCUT2D eigenvalue weighted by Crippen LogP contribution is -2.24. The molecule has 2 aromatic rings. The molecule has 0 bridgehead atoms. The van der Waals surface area contributed by atoms with Gasteiger partial charge in [-0.05, 0) is 42.3 Å². The molecule has 0 spiro atoms. The summed E-state index contributed by atoms with van der Waals surface area (Å²) >= 11 is 0. The molecule has 0 aliphatic heterocycles. The first kappa shape index (κ1) is 15.5. The lowest BCUT2D eigenvalue weighted by Gasteiger charge is -2.18. The molecular weight excluding hydrogens is 279 g/mol. The van der Waals surface area contributed by atoms with Gasteiger partial charge in [0.2, 0.25) is 0 Å². The van der Waals surface area contributed by atoms with Crippen molar-refractivity contribution in [3.63, 3.8) is 0 Å². The van der Waals surface area contributed by atoms with Crippen LogP contribution in [0.4, 0.5) is 13.2 Å². The molecule has 0 radical (unpaired) electrons. The SMILES string of the molecule is C[C@H](NCC(O)c1ccc(F)c(F)c1)c1cccc(F)c1. The van der Waals surface area contributed by atoms with Crippen molar-refractivity contribution in [1.82, 2.24) is 5.32 Å². The molecule has 0 saturated heterocycles. The van der Waals surface area contributed by atoms with Gasteiger partial charge < -0.3 is 10.4 Å². The van der Waals surface area contributed by atoms with E-state index in [1.807, 2.05) is 6.92 Å². The first-order valence-electron chi connectivity index (χ1n) is 6.59. The fraction of sp³-hybridized carbons (Fsp3) is 0.250. The largest absolute Gasteiger partial charge is 0.387 e. The summed E-state index contributed by atoms with van der Waals surface area (Å²) in [5.41, 5.74) is 1.03. The second-order valence-electron chi connectivity index (χ2n) is 4.87. The van der Waals surface area contributed by atoms with Crippen LogP contribution in [-0.2, 0) is 0 Å². The average molecular weight is 295 g/mol. The number of halogens is 3. The van der Waals surface area contributed by atoms with E-state index in [0.717, 1.165) is 17.7 Å². The maximum atomic E-state index is 13.1. The van der Waals surface area contributed by atoms with Gasteiger partial charge in [0.1, 0.15) is 5.82 Å². The molecule has 112 valence electrons. The van der Waals surface area contributed by atoms with Crippen molar-refractivity contribution in [1.29, 1.82) is 0 Å². The topological polar surface area (TPSA) is 32.3 Å². The highest BCUT2D eigenvalue weighted by Crippen LogP contribution is 2.18. The van der Waals surface area contributed by atoms with Gasteiger partial charge in [0.15, 0.2) is 11.6 Å². The second-order valence-corrected chi connectivity index (χ2v) is 4.87. The average Bonchev–Trinajstić information content (AvgIpc) is 2.47. The summed E-state index contributed by atoms with van der Waals surface area (Å²) in [5.74, 6) is -2.28. The summed E-state index contributed by atoms with van der Waals surface area (Å²) in [6, 6.07) is 9.23. The van der Waals surface area contributed by atoms with Gasteiger partial charge in [0.05, 0.1) is 6.10 Å². The standard InChI is InChI=1S/C16H16F3NO/c1-10(11-3-2-4-13(17)7-11)20-9-16(21)12-5-6-14(18)15(19)8-12/h2-8,10,16,20-21H,9H2,1H3/t10-,16?/m0/s1. The highest BCUT2D eigenvalue weighted by Gasteiger charge is 2.13. The maximum absolute atomic E-state index is 13.1. The van der Waals surface area contributed by atoms with Crippen molar-refractivity contribution in [2.45, 2.75) is 19.1 Å². The van der Waals surface area contributed by atoms with Crippen LogP contribution in [0.25, 0.3) is 0 Å². The predicted octanol–water partition coefficient (Wildman–Crippen LogP) is 3.49. The number of benzene rings is 2. The van der Waals surface area contributed by atoms with E-state index in [1.54, 1.807) is 12.1 Å². The fourth-order valence-electron chi connectivity index (χ4n) is 2.02. The number of aliphatic hydroxyl groups excluding tert-OH is 1. The van der Waals surface area contributed by atoms with Crippen molar-refractivity contribution >= 4 is 0 Å². The summed E-state index contributed by atoms with van der Waals surface area (Å²) in [4.78, 5) is 0. The third-order valence-corrected chi connectivity index (χ3v) is 3.29. The quantitative estimate of drug-likeness (QED) is 0.885. The van der Waals surface area contributed by atoms with E-state index in [0.29, 0.717) is 0 Å². The minimum Gasteiger partial charge on any atom is -0.387 e. The van der Waals surface area contributed by atoms with Crippen LogP contribution in [0.3, 0.4) is 0 Å². The molecule has 0 amide bonds. The van der Waals surface area contributed by atoms with E-state index < -0.39 is 17.7 Å². The Balaban J connectivity index is 1.97. The van der Waals surface area contributed by atoms with Crippen LogP contribution in [-0.4, -0.2) is 11.7 Å². The van der Waals surface area contributed by atoms with E-state index in [9.17, 15) is 18.3 Å². The van der Waals surface area contributed by atoms with Gasteiger partial charge in [-0.2, -0.15) is 0 Å². The zero-order valence-corrected chi connectivity index (χ0v) is 11.5. The molecule has 0 heterocycles. The van der Waals surface area contributed by atoms with E-state index in [2.05, 4.69) is 5.32 Å². The van der Waals surface area contributed by atoms with Gasteiger partial charge >= 0.3 is 0 Å². The third kappa shape index (κ3) is 4.06. The minimum absolute atomic E-state index is 0.142. The van der Waals surface area contributed by atoms with Gasteiger partial charge in [-0.1, -0.05) is 18.2 Å². The molecule has 2 rings (SSSR count). The van der Waals surface area contributed by atoms with Crippen molar-refractivity contribution in [3.8, 4) is 0 Å². The van der Waals surface area contributed by atoms with Crippen LogP contribution >= 0.6 is 0 Å².